The van der Waals surface area contributed by atoms with Crippen LogP contribution in [0.2, 0.25) is 0 Å². The summed E-state index contributed by atoms with van der Waals surface area (Å²) in [6, 6.07) is 5.17. The molecule has 1 amide bonds. The first kappa shape index (κ1) is 26.1. The number of nitrogens with zero attached hydrogens (tertiary/aromatic N) is 2. The number of carboxylic acid groups (broad SMARTS) is 1. The number of aliphatic carboxylic acids is 1. The number of likely N-dealkylation sites (tertiary alicyclic amines) is 1. The average molecular weight is 504 g/mol. The molecule has 4 rings (SSSR count). The van der Waals surface area contributed by atoms with Crippen LogP contribution in [-0.2, 0) is 24.1 Å². The SMILES string of the molecule is O=C(N[C@@H](CCN1CCC[C@@](F)(CCc2ccc3c(n2)CCCC3)C1)C(=O)O)c1cc(F)cc(F)c1. The number of carboxylic acids is 1. The van der Waals surface area contributed by atoms with Gasteiger partial charge in [0.25, 0.3) is 5.91 Å². The average Bonchev–Trinajstić information content (AvgIpc) is 2.84. The minimum Gasteiger partial charge on any atom is -0.480 e. The maximum atomic E-state index is 15.7. The molecule has 36 heavy (non-hydrogen) atoms. The molecule has 6 nitrogen and oxygen atoms in total. The van der Waals surface area contributed by atoms with Gasteiger partial charge in [0.05, 0.1) is 0 Å². The molecule has 1 aromatic carbocycles. The molecule has 0 bridgehead atoms. The summed E-state index contributed by atoms with van der Waals surface area (Å²) in [5.74, 6) is -3.99. The van der Waals surface area contributed by atoms with Crippen molar-refractivity contribution in [3.05, 3.63) is 64.5 Å². The fourth-order valence-corrected chi connectivity index (χ4v) is 5.19. The molecule has 1 aliphatic heterocycles. The number of halogens is 3. The minimum absolute atomic E-state index is 0.0430. The van der Waals surface area contributed by atoms with E-state index in [2.05, 4.69) is 11.4 Å². The van der Waals surface area contributed by atoms with Gasteiger partial charge >= 0.3 is 5.97 Å². The zero-order chi connectivity index (χ0) is 25.7. The fourth-order valence-electron chi connectivity index (χ4n) is 5.19. The molecule has 1 aliphatic carbocycles. The van der Waals surface area contributed by atoms with Crippen molar-refractivity contribution in [1.82, 2.24) is 15.2 Å². The fraction of sp³-hybridized carbons (Fsp3) is 0.519. The molecule has 194 valence electrons. The number of nitrogens with one attached hydrogen (secondary N) is 1. The first-order valence-corrected chi connectivity index (χ1v) is 12.6. The highest BCUT2D eigenvalue weighted by molar-refractivity contribution is 5.96. The lowest BCUT2D eigenvalue weighted by atomic mass is 9.88. The lowest BCUT2D eigenvalue weighted by Gasteiger charge is -2.38. The summed E-state index contributed by atoms with van der Waals surface area (Å²) in [7, 11) is 0. The number of hydrogen-bond acceptors (Lipinski definition) is 4. The van der Waals surface area contributed by atoms with Gasteiger partial charge in [0, 0.05) is 36.1 Å². The molecular formula is C27H32F3N3O3. The van der Waals surface area contributed by atoms with Crippen LogP contribution in [0, 0.1) is 11.6 Å². The Balaban J connectivity index is 1.30. The zero-order valence-electron chi connectivity index (χ0n) is 20.2. The summed E-state index contributed by atoms with van der Waals surface area (Å²) >= 11 is 0. The van der Waals surface area contributed by atoms with Crippen molar-refractivity contribution in [2.24, 2.45) is 0 Å². The molecule has 9 heteroatoms. The number of hydrogen-bond donors (Lipinski definition) is 2. The van der Waals surface area contributed by atoms with Crippen molar-refractivity contribution in [1.29, 1.82) is 0 Å². The predicted octanol–water partition coefficient (Wildman–Crippen LogP) is 4.25. The van der Waals surface area contributed by atoms with Crippen LogP contribution >= 0.6 is 0 Å². The minimum atomic E-state index is -1.39. The van der Waals surface area contributed by atoms with E-state index in [1.165, 1.54) is 12.0 Å². The maximum absolute atomic E-state index is 15.7. The highest BCUT2D eigenvalue weighted by Crippen LogP contribution is 2.30. The molecule has 1 fully saturated rings. The van der Waals surface area contributed by atoms with E-state index < -0.39 is 35.2 Å². The molecule has 0 unspecified atom stereocenters. The van der Waals surface area contributed by atoms with Gasteiger partial charge in [-0.2, -0.15) is 0 Å². The second-order valence-corrected chi connectivity index (χ2v) is 9.96. The summed E-state index contributed by atoms with van der Waals surface area (Å²) in [6.45, 7) is 1.10. The first-order chi connectivity index (χ1) is 17.2. The third kappa shape index (κ3) is 6.84. The van der Waals surface area contributed by atoms with Crippen molar-refractivity contribution >= 4 is 11.9 Å². The van der Waals surface area contributed by atoms with E-state index in [-0.39, 0.29) is 25.1 Å². The number of carbonyl (C=O) groups is 2. The molecule has 2 aliphatic rings. The molecule has 0 spiro atoms. The van der Waals surface area contributed by atoms with E-state index in [0.717, 1.165) is 42.8 Å². The molecule has 2 aromatic rings. The van der Waals surface area contributed by atoms with Crippen molar-refractivity contribution in [3.63, 3.8) is 0 Å². The zero-order valence-corrected chi connectivity index (χ0v) is 20.2. The van der Waals surface area contributed by atoms with Crippen LogP contribution in [0.25, 0.3) is 0 Å². The highest BCUT2D eigenvalue weighted by atomic mass is 19.1. The Morgan fingerprint density at radius 1 is 1.11 bits per heavy atom. The van der Waals surface area contributed by atoms with Gasteiger partial charge in [-0.25, -0.2) is 18.0 Å². The lowest BCUT2D eigenvalue weighted by molar-refractivity contribution is -0.139. The predicted molar refractivity (Wildman–Crippen MR) is 129 cm³/mol. The van der Waals surface area contributed by atoms with Gasteiger partial charge < -0.3 is 15.3 Å². The van der Waals surface area contributed by atoms with Crippen molar-refractivity contribution in [3.8, 4) is 0 Å². The highest BCUT2D eigenvalue weighted by Gasteiger charge is 2.35. The number of amides is 1. The Morgan fingerprint density at radius 3 is 2.61 bits per heavy atom. The van der Waals surface area contributed by atoms with Gasteiger partial charge in [-0.15, -0.1) is 0 Å². The number of rotatable bonds is 9. The Labute approximate surface area is 208 Å². The largest absolute Gasteiger partial charge is 0.480 e. The summed E-state index contributed by atoms with van der Waals surface area (Å²) < 4.78 is 42.5. The number of aromatic nitrogens is 1. The summed E-state index contributed by atoms with van der Waals surface area (Å²) in [4.78, 5) is 30.7. The van der Waals surface area contributed by atoms with Crippen LogP contribution in [0.15, 0.2) is 30.3 Å². The second kappa shape index (κ2) is 11.4. The van der Waals surface area contributed by atoms with Gasteiger partial charge in [0.15, 0.2) is 0 Å². The Morgan fingerprint density at radius 2 is 1.86 bits per heavy atom. The Kier molecular flexibility index (Phi) is 8.28. The summed E-state index contributed by atoms with van der Waals surface area (Å²) in [6.07, 6.45) is 6.40. The van der Waals surface area contributed by atoms with Crippen molar-refractivity contribution < 1.29 is 27.9 Å². The van der Waals surface area contributed by atoms with Gasteiger partial charge in [-0.1, -0.05) is 6.07 Å². The van der Waals surface area contributed by atoms with E-state index >= 15 is 4.39 Å². The van der Waals surface area contributed by atoms with E-state index in [1.807, 2.05) is 11.0 Å². The number of carbonyl (C=O) groups excluding carboxylic acids is 1. The Bertz CT molecular complexity index is 1090. The van der Waals surface area contributed by atoms with Crippen LogP contribution in [-0.4, -0.2) is 58.2 Å². The number of pyridine rings is 1. The van der Waals surface area contributed by atoms with Crippen molar-refractivity contribution in [2.75, 3.05) is 19.6 Å². The van der Waals surface area contributed by atoms with Crippen molar-refractivity contribution in [2.45, 2.75) is 69.5 Å². The third-order valence-electron chi connectivity index (χ3n) is 7.13. The maximum Gasteiger partial charge on any atom is 0.326 e. The van der Waals surface area contributed by atoms with Gasteiger partial charge in [0.2, 0.25) is 0 Å². The lowest BCUT2D eigenvalue weighted by Crippen LogP contribution is -2.48. The van der Waals surface area contributed by atoms with Crippen LogP contribution in [0.5, 0.6) is 0 Å². The summed E-state index contributed by atoms with van der Waals surface area (Å²) in [5, 5.41) is 11.9. The monoisotopic (exact) mass is 503 g/mol. The summed E-state index contributed by atoms with van der Waals surface area (Å²) in [5.41, 5.74) is 1.66. The molecule has 2 N–H and O–H groups in total. The quantitative estimate of drug-likeness (QED) is 0.535. The third-order valence-corrected chi connectivity index (χ3v) is 7.13. The second-order valence-electron chi connectivity index (χ2n) is 9.96. The molecule has 2 heterocycles. The normalized spacial score (nSPS) is 21.0. The number of alkyl halides is 1. The van der Waals surface area contributed by atoms with Crippen LogP contribution in [0.3, 0.4) is 0 Å². The first-order valence-electron chi connectivity index (χ1n) is 12.6. The molecule has 0 radical (unpaired) electrons. The molecule has 1 saturated heterocycles. The molecule has 2 atom stereocenters. The van der Waals surface area contributed by atoms with Gasteiger partial charge in [0.1, 0.15) is 23.3 Å². The van der Waals surface area contributed by atoms with E-state index in [9.17, 15) is 23.5 Å². The molecule has 1 aromatic heterocycles. The van der Waals surface area contributed by atoms with E-state index in [1.54, 1.807) is 0 Å². The smallest absolute Gasteiger partial charge is 0.326 e. The number of piperidine rings is 1. The number of aryl methyl sites for hydroxylation is 3. The number of fused-ring (bicyclic) bond motifs is 1. The molecular weight excluding hydrogens is 471 g/mol. The van der Waals surface area contributed by atoms with Gasteiger partial charge in [-0.3, -0.25) is 9.78 Å². The topological polar surface area (TPSA) is 82.5 Å². The van der Waals surface area contributed by atoms with Crippen LogP contribution < -0.4 is 5.32 Å². The van der Waals surface area contributed by atoms with E-state index in [4.69, 9.17) is 4.98 Å². The van der Waals surface area contributed by atoms with Crippen LogP contribution in [0.1, 0.15) is 65.8 Å². The van der Waals surface area contributed by atoms with E-state index in [0.29, 0.717) is 38.3 Å². The molecule has 0 saturated carbocycles. The van der Waals surface area contributed by atoms with Crippen LogP contribution in [0.4, 0.5) is 13.2 Å². The Hall–Kier alpha value is -2.94. The number of benzene rings is 1. The van der Waals surface area contributed by atoms with Gasteiger partial charge in [-0.05, 0) is 88.1 Å². The standard InChI is InChI=1S/C27H32F3N3O3/c28-20-14-19(15-21(29)16-20)25(34)32-24(26(35)36)9-13-33-12-3-10-27(30,17-33)11-8-22-7-6-18-4-1-2-5-23(18)31-22/h6-7,14-16,24H,1-5,8-13,17H2,(H,32,34)(H,35,36)/t24-,27+/m0/s1.